The number of rotatable bonds is 2. The molecule has 0 aromatic rings. The highest BCUT2D eigenvalue weighted by Gasteiger charge is 2.30. The van der Waals surface area contributed by atoms with E-state index in [9.17, 15) is 4.79 Å². The first kappa shape index (κ1) is 14.8. The van der Waals surface area contributed by atoms with Gasteiger partial charge in [0.1, 0.15) is 0 Å². The third kappa shape index (κ3) is 3.59. The number of nitrogens with one attached hydrogen (secondary N) is 1. The van der Waals surface area contributed by atoms with Gasteiger partial charge >= 0.3 is 0 Å². The largest absolute Gasteiger partial charge is 0.339 e. The lowest BCUT2D eigenvalue weighted by Crippen LogP contribution is -2.48. The highest BCUT2D eigenvalue weighted by molar-refractivity contribution is 5.85. The molecule has 0 radical (unpaired) electrons. The van der Waals surface area contributed by atoms with Crippen molar-refractivity contribution in [3.63, 3.8) is 0 Å². The third-order valence-electron chi connectivity index (χ3n) is 4.07. The fourth-order valence-electron chi connectivity index (χ4n) is 3.02. The number of hydrogen-bond donors (Lipinski definition) is 1. The molecule has 0 aromatic carbocycles. The molecule has 2 aliphatic heterocycles. The van der Waals surface area contributed by atoms with Gasteiger partial charge < -0.3 is 10.2 Å². The van der Waals surface area contributed by atoms with Crippen molar-refractivity contribution in [3.8, 4) is 0 Å². The Hall–Kier alpha value is -0.280. The van der Waals surface area contributed by atoms with E-state index in [1.165, 1.54) is 19.3 Å². The number of piperidine rings is 2. The van der Waals surface area contributed by atoms with Crippen molar-refractivity contribution in [2.45, 2.75) is 51.5 Å². The maximum atomic E-state index is 12.4. The van der Waals surface area contributed by atoms with Gasteiger partial charge in [-0.15, -0.1) is 12.4 Å². The van der Waals surface area contributed by atoms with Gasteiger partial charge in [0.15, 0.2) is 0 Å². The maximum absolute atomic E-state index is 12.4. The number of hydrogen-bond acceptors (Lipinski definition) is 2. The number of halogens is 1. The molecular weight excluding hydrogens is 236 g/mol. The highest BCUT2D eigenvalue weighted by atomic mass is 35.5. The second-order valence-corrected chi connectivity index (χ2v) is 5.11. The van der Waals surface area contributed by atoms with Crippen LogP contribution in [0.25, 0.3) is 0 Å². The van der Waals surface area contributed by atoms with Crippen molar-refractivity contribution >= 4 is 18.3 Å². The van der Waals surface area contributed by atoms with Crippen LogP contribution in [0.15, 0.2) is 0 Å². The molecule has 1 unspecified atom stereocenters. The molecule has 2 fully saturated rings. The number of carbonyl (C=O) groups is 1. The van der Waals surface area contributed by atoms with E-state index < -0.39 is 0 Å². The van der Waals surface area contributed by atoms with Crippen LogP contribution in [0.4, 0.5) is 0 Å². The molecule has 1 N–H and O–H groups in total. The average molecular weight is 261 g/mol. The zero-order valence-electron chi connectivity index (χ0n) is 10.8. The molecule has 0 saturated carbocycles. The molecule has 2 aliphatic rings. The van der Waals surface area contributed by atoms with E-state index in [1.54, 1.807) is 0 Å². The zero-order valence-corrected chi connectivity index (χ0v) is 11.6. The highest BCUT2D eigenvalue weighted by Crippen LogP contribution is 2.24. The first-order valence-electron chi connectivity index (χ1n) is 6.84. The lowest BCUT2D eigenvalue weighted by molar-refractivity contribution is -0.140. The standard InChI is InChI=1S/C13H24N2O.ClH/c1-2-12-5-3-4-10-15(12)13(16)11-6-8-14-9-7-11;/h11-12,14H,2-10H2,1H3;1H. The predicted molar refractivity (Wildman–Crippen MR) is 72.5 cm³/mol. The lowest BCUT2D eigenvalue weighted by Gasteiger charge is -2.38. The smallest absolute Gasteiger partial charge is 0.226 e. The Morgan fingerprint density at radius 2 is 1.94 bits per heavy atom. The average Bonchev–Trinajstić information content (AvgIpc) is 2.39. The summed E-state index contributed by atoms with van der Waals surface area (Å²) in [6, 6.07) is 0.524. The molecule has 1 atom stereocenters. The number of likely N-dealkylation sites (tertiary alicyclic amines) is 1. The van der Waals surface area contributed by atoms with Crippen molar-refractivity contribution in [2.24, 2.45) is 5.92 Å². The van der Waals surface area contributed by atoms with E-state index in [-0.39, 0.29) is 12.4 Å². The molecule has 17 heavy (non-hydrogen) atoms. The van der Waals surface area contributed by atoms with E-state index in [4.69, 9.17) is 0 Å². The first-order chi connectivity index (χ1) is 7.83. The van der Waals surface area contributed by atoms with Crippen LogP contribution >= 0.6 is 12.4 Å². The van der Waals surface area contributed by atoms with E-state index in [2.05, 4.69) is 17.1 Å². The van der Waals surface area contributed by atoms with Crippen LogP contribution in [0.5, 0.6) is 0 Å². The van der Waals surface area contributed by atoms with Crippen LogP contribution in [-0.4, -0.2) is 36.5 Å². The van der Waals surface area contributed by atoms with Gasteiger partial charge in [0.05, 0.1) is 0 Å². The Kier molecular flexibility index (Phi) is 6.28. The summed E-state index contributed by atoms with van der Waals surface area (Å²) in [5, 5.41) is 3.33. The monoisotopic (exact) mass is 260 g/mol. The molecule has 4 heteroatoms. The number of amides is 1. The normalized spacial score (nSPS) is 26.4. The molecule has 0 aliphatic carbocycles. The lowest BCUT2D eigenvalue weighted by atomic mass is 9.93. The molecule has 3 nitrogen and oxygen atoms in total. The maximum Gasteiger partial charge on any atom is 0.226 e. The Bertz CT molecular complexity index is 242. The summed E-state index contributed by atoms with van der Waals surface area (Å²) in [6.07, 6.45) is 6.91. The van der Waals surface area contributed by atoms with Crippen LogP contribution in [0.1, 0.15) is 45.4 Å². The predicted octanol–water partition coefficient (Wildman–Crippen LogP) is 2.20. The minimum absolute atomic E-state index is 0. The van der Waals surface area contributed by atoms with Gasteiger partial charge in [-0.25, -0.2) is 0 Å². The van der Waals surface area contributed by atoms with Crippen LogP contribution in [0.3, 0.4) is 0 Å². The van der Waals surface area contributed by atoms with E-state index in [0.717, 1.165) is 38.9 Å². The van der Waals surface area contributed by atoms with Crippen molar-refractivity contribution in [1.29, 1.82) is 0 Å². The van der Waals surface area contributed by atoms with Gasteiger partial charge in [-0.2, -0.15) is 0 Å². The fraction of sp³-hybridized carbons (Fsp3) is 0.923. The summed E-state index contributed by atoms with van der Waals surface area (Å²) in [5.41, 5.74) is 0. The van der Waals surface area contributed by atoms with Gasteiger partial charge in [-0.05, 0) is 51.6 Å². The number of carbonyl (C=O) groups excluding carboxylic acids is 1. The summed E-state index contributed by atoms with van der Waals surface area (Å²) < 4.78 is 0. The molecular formula is C13H25ClN2O. The van der Waals surface area contributed by atoms with Crippen LogP contribution < -0.4 is 5.32 Å². The molecule has 1 amide bonds. The Balaban J connectivity index is 0.00000144. The summed E-state index contributed by atoms with van der Waals surface area (Å²) >= 11 is 0. The molecule has 0 bridgehead atoms. The molecule has 0 spiro atoms. The van der Waals surface area contributed by atoms with Crippen LogP contribution in [-0.2, 0) is 4.79 Å². The minimum atomic E-state index is 0. The van der Waals surface area contributed by atoms with Gasteiger partial charge in [0.2, 0.25) is 5.91 Å². The second kappa shape index (κ2) is 7.22. The Morgan fingerprint density at radius 3 is 2.59 bits per heavy atom. The topological polar surface area (TPSA) is 32.3 Å². The summed E-state index contributed by atoms with van der Waals surface area (Å²) in [7, 11) is 0. The Labute approximate surface area is 111 Å². The van der Waals surface area contributed by atoms with Crippen molar-refractivity contribution in [1.82, 2.24) is 10.2 Å². The van der Waals surface area contributed by atoms with Gasteiger partial charge in [0, 0.05) is 18.5 Å². The van der Waals surface area contributed by atoms with E-state index in [1.807, 2.05) is 0 Å². The summed E-state index contributed by atoms with van der Waals surface area (Å²) in [4.78, 5) is 14.6. The van der Waals surface area contributed by atoms with Crippen molar-refractivity contribution in [3.05, 3.63) is 0 Å². The SMILES string of the molecule is CCC1CCCCN1C(=O)C1CCNCC1.Cl. The molecule has 2 saturated heterocycles. The van der Waals surface area contributed by atoms with Crippen molar-refractivity contribution < 1.29 is 4.79 Å². The quantitative estimate of drug-likeness (QED) is 0.826. The molecule has 2 heterocycles. The first-order valence-corrected chi connectivity index (χ1v) is 6.84. The zero-order chi connectivity index (χ0) is 11.4. The van der Waals surface area contributed by atoms with E-state index in [0.29, 0.717) is 17.9 Å². The second-order valence-electron chi connectivity index (χ2n) is 5.11. The fourth-order valence-corrected chi connectivity index (χ4v) is 3.02. The molecule has 0 aromatic heterocycles. The molecule has 2 rings (SSSR count). The Morgan fingerprint density at radius 1 is 1.24 bits per heavy atom. The van der Waals surface area contributed by atoms with Gasteiger partial charge in [-0.1, -0.05) is 6.92 Å². The van der Waals surface area contributed by atoms with Gasteiger partial charge in [-0.3, -0.25) is 4.79 Å². The molecule has 100 valence electrons. The van der Waals surface area contributed by atoms with Crippen LogP contribution in [0, 0.1) is 5.92 Å². The van der Waals surface area contributed by atoms with Crippen LogP contribution in [0.2, 0.25) is 0 Å². The van der Waals surface area contributed by atoms with Crippen molar-refractivity contribution in [2.75, 3.05) is 19.6 Å². The van der Waals surface area contributed by atoms with E-state index >= 15 is 0 Å². The number of nitrogens with zero attached hydrogens (tertiary/aromatic N) is 1. The third-order valence-corrected chi connectivity index (χ3v) is 4.07. The summed E-state index contributed by atoms with van der Waals surface area (Å²) in [5.74, 6) is 0.737. The minimum Gasteiger partial charge on any atom is -0.339 e. The van der Waals surface area contributed by atoms with Gasteiger partial charge in [0.25, 0.3) is 0 Å². The summed E-state index contributed by atoms with van der Waals surface area (Å²) in [6.45, 7) is 5.24.